The van der Waals surface area contributed by atoms with Crippen LogP contribution in [0.3, 0.4) is 0 Å². The topological polar surface area (TPSA) is 26.3 Å². The fourth-order valence-corrected chi connectivity index (χ4v) is 5.16. The van der Waals surface area contributed by atoms with E-state index in [4.69, 9.17) is 4.74 Å². The first-order valence-electron chi connectivity index (χ1n) is 8.27. The van der Waals surface area contributed by atoms with Gasteiger partial charge in [0.15, 0.2) is 0 Å². The van der Waals surface area contributed by atoms with Crippen LogP contribution in [0.1, 0.15) is 31.2 Å². The van der Waals surface area contributed by atoms with Crippen LogP contribution in [0.15, 0.2) is 60.7 Å². The maximum atomic E-state index is 12.4. The standard InChI is InChI=1S/C20H22O2Se/c21-20-19(23-18-11-5-2-6-12-18)13-7-10-17(22-20)15-14-16-8-3-1-4-9-16/h1-6,8-9,11-12,17,19H,7,10,13-15H2. The van der Waals surface area contributed by atoms with Gasteiger partial charge in [-0.25, -0.2) is 0 Å². The van der Waals surface area contributed by atoms with Crippen molar-refractivity contribution in [2.24, 2.45) is 0 Å². The first-order chi connectivity index (χ1) is 11.3. The Morgan fingerprint density at radius 1 is 0.957 bits per heavy atom. The second-order valence-electron chi connectivity index (χ2n) is 5.93. The van der Waals surface area contributed by atoms with Crippen molar-refractivity contribution in [3.8, 4) is 0 Å². The van der Waals surface area contributed by atoms with E-state index >= 15 is 0 Å². The molecule has 0 aromatic heterocycles. The van der Waals surface area contributed by atoms with Crippen LogP contribution in [0.4, 0.5) is 0 Å². The molecular weight excluding hydrogens is 351 g/mol. The minimum absolute atomic E-state index is 0.0180. The fourth-order valence-electron chi connectivity index (χ4n) is 2.89. The zero-order chi connectivity index (χ0) is 15.9. The van der Waals surface area contributed by atoms with Crippen LogP contribution in [-0.2, 0) is 16.0 Å². The summed E-state index contributed by atoms with van der Waals surface area (Å²) in [4.78, 5) is 12.5. The van der Waals surface area contributed by atoms with Crippen molar-refractivity contribution in [2.45, 2.75) is 43.0 Å². The van der Waals surface area contributed by atoms with Crippen molar-refractivity contribution in [3.63, 3.8) is 0 Å². The van der Waals surface area contributed by atoms with Gasteiger partial charge in [-0.3, -0.25) is 0 Å². The van der Waals surface area contributed by atoms with Crippen LogP contribution in [0, 0.1) is 0 Å². The molecule has 0 N–H and O–H groups in total. The molecule has 1 aliphatic rings. The molecule has 1 aliphatic heterocycles. The minimum atomic E-state index is 0.0180. The van der Waals surface area contributed by atoms with Crippen LogP contribution >= 0.6 is 0 Å². The Hall–Kier alpha value is -1.57. The molecule has 2 unspecified atom stereocenters. The van der Waals surface area contributed by atoms with Crippen LogP contribution < -0.4 is 4.46 Å². The van der Waals surface area contributed by atoms with E-state index in [2.05, 4.69) is 36.4 Å². The van der Waals surface area contributed by atoms with Crippen LogP contribution in [-0.4, -0.2) is 27.0 Å². The predicted octanol–water partition coefficient (Wildman–Crippen LogP) is 3.53. The average molecular weight is 373 g/mol. The maximum absolute atomic E-state index is 12.4. The summed E-state index contributed by atoms with van der Waals surface area (Å²) in [5, 5.41) is 0. The van der Waals surface area contributed by atoms with Crippen molar-refractivity contribution in [3.05, 3.63) is 66.2 Å². The van der Waals surface area contributed by atoms with E-state index in [-0.39, 0.29) is 31.8 Å². The van der Waals surface area contributed by atoms with Gasteiger partial charge in [0.1, 0.15) is 0 Å². The molecule has 120 valence electrons. The SMILES string of the molecule is O=C1OC(CCc2ccccc2)CCCC1[Se]c1ccccc1. The average Bonchev–Trinajstić information content (AvgIpc) is 2.77. The van der Waals surface area contributed by atoms with Crippen LogP contribution in [0.5, 0.6) is 0 Å². The van der Waals surface area contributed by atoms with E-state index in [1.807, 2.05) is 24.3 Å². The summed E-state index contributed by atoms with van der Waals surface area (Å²) >= 11 is 0.173. The molecule has 1 heterocycles. The monoisotopic (exact) mass is 374 g/mol. The molecule has 2 aromatic carbocycles. The van der Waals surface area contributed by atoms with E-state index in [0.717, 1.165) is 32.1 Å². The van der Waals surface area contributed by atoms with Gasteiger partial charge in [-0.1, -0.05) is 0 Å². The first-order valence-corrected chi connectivity index (χ1v) is 10.1. The number of ether oxygens (including phenoxy) is 1. The summed E-state index contributed by atoms with van der Waals surface area (Å²) < 4.78 is 7.08. The quantitative estimate of drug-likeness (QED) is 0.592. The third kappa shape index (κ3) is 4.95. The Bertz CT molecular complexity index is 612. The zero-order valence-corrected chi connectivity index (χ0v) is 14.9. The van der Waals surface area contributed by atoms with Crippen LogP contribution in [0.2, 0.25) is 4.82 Å². The summed E-state index contributed by atoms with van der Waals surface area (Å²) in [6.45, 7) is 0. The van der Waals surface area contributed by atoms with Gasteiger partial charge in [0.05, 0.1) is 0 Å². The third-order valence-corrected chi connectivity index (χ3v) is 6.79. The van der Waals surface area contributed by atoms with Gasteiger partial charge in [-0.15, -0.1) is 0 Å². The summed E-state index contributed by atoms with van der Waals surface area (Å²) in [7, 11) is 0. The van der Waals surface area contributed by atoms with E-state index in [0.29, 0.717) is 0 Å². The normalized spacial score (nSPS) is 21.5. The number of aryl methyl sites for hydroxylation is 1. The van der Waals surface area contributed by atoms with Gasteiger partial charge >= 0.3 is 144 Å². The number of carbonyl (C=O) groups excluding carboxylic acids is 1. The molecule has 0 amide bonds. The number of carbonyl (C=O) groups is 1. The van der Waals surface area contributed by atoms with Gasteiger partial charge in [-0.2, -0.15) is 0 Å². The van der Waals surface area contributed by atoms with Crippen molar-refractivity contribution >= 4 is 25.4 Å². The molecule has 1 saturated heterocycles. The molecule has 0 aliphatic carbocycles. The number of benzene rings is 2. The van der Waals surface area contributed by atoms with E-state index in [1.54, 1.807) is 0 Å². The Morgan fingerprint density at radius 2 is 1.65 bits per heavy atom. The number of cyclic esters (lactones) is 1. The molecule has 23 heavy (non-hydrogen) atoms. The molecule has 2 atom stereocenters. The first kappa shape index (κ1) is 16.3. The predicted molar refractivity (Wildman–Crippen MR) is 94.1 cm³/mol. The molecule has 0 spiro atoms. The molecule has 2 nitrogen and oxygen atoms in total. The molecule has 0 bridgehead atoms. The van der Waals surface area contributed by atoms with Gasteiger partial charge in [0.25, 0.3) is 0 Å². The van der Waals surface area contributed by atoms with Crippen LogP contribution in [0.25, 0.3) is 0 Å². The zero-order valence-electron chi connectivity index (χ0n) is 13.2. The summed E-state index contributed by atoms with van der Waals surface area (Å²) in [5.74, 6) is 0.0180. The number of rotatable bonds is 5. The molecule has 0 saturated carbocycles. The van der Waals surface area contributed by atoms with Crippen molar-refractivity contribution < 1.29 is 9.53 Å². The number of esters is 1. The van der Waals surface area contributed by atoms with Gasteiger partial charge in [-0.05, 0) is 0 Å². The van der Waals surface area contributed by atoms with Crippen molar-refractivity contribution in [1.82, 2.24) is 0 Å². The van der Waals surface area contributed by atoms with Crippen molar-refractivity contribution in [2.75, 3.05) is 0 Å². The molecule has 3 heteroatoms. The van der Waals surface area contributed by atoms with Gasteiger partial charge in [0, 0.05) is 0 Å². The fraction of sp³-hybridized carbons (Fsp3) is 0.350. The number of hydrogen-bond acceptors (Lipinski definition) is 2. The molecular formula is C20H22O2Se. The Balaban J connectivity index is 1.53. The Kier molecular flexibility index (Phi) is 5.90. The summed E-state index contributed by atoms with van der Waals surface area (Å²) in [6.07, 6.45) is 5.05. The summed E-state index contributed by atoms with van der Waals surface area (Å²) in [5.41, 5.74) is 1.32. The second kappa shape index (κ2) is 8.33. The third-order valence-electron chi connectivity index (χ3n) is 4.16. The Labute approximate surface area is 144 Å². The summed E-state index contributed by atoms with van der Waals surface area (Å²) in [6, 6.07) is 20.8. The van der Waals surface area contributed by atoms with E-state index in [1.165, 1.54) is 10.0 Å². The van der Waals surface area contributed by atoms with Gasteiger partial charge < -0.3 is 0 Å². The Morgan fingerprint density at radius 3 is 2.39 bits per heavy atom. The molecule has 0 radical (unpaired) electrons. The second-order valence-corrected chi connectivity index (χ2v) is 8.61. The van der Waals surface area contributed by atoms with E-state index < -0.39 is 0 Å². The van der Waals surface area contributed by atoms with Gasteiger partial charge in [0.2, 0.25) is 0 Å². The molecule has 1 fully saturated rings. The van der Waals surface area contributed by atoms with E-state index in [9.17, 15) is 4.79 Å². The molecule has 2 aromatic rings. The number of hydrogen-bond donors (Lipinski definition) is 0. The molecule has 3 rings (SSSR count). The van der Waals surface area contributed by atoms with Crippen molar-refractivity contribution in [1.29, 1.82) is 0 Å².